The zero-order valence-electron chi connectivity index (χ0n) is 25.3. The van der Waals surface area contributed by atoms with E-state index in [0.717, 1.165) is 11.8 Å². The summed E-state index contributed by atoms with van der Waals surface area (Å²) in [5.74, 6) is -0.381. The highest BCUT2D eigenvalue weighted by Gasteiger charge is 2.47. The summed E-state index contributed by atoms with van der Waals surface area (Å²) in [6.45, 7) is 16.6. The topological polar surface area (TPSA) is 111 Å². The monoisotopic (exact) mass is 584 g/mol. The van der Waals surface area contributed by atoms with Crippen molar-refractivity contribution in [2.75, 3.05) is 7.11 Å². The number of ether oxygens (including phenoxy) is 4. The Morgan fingerprint density at radius 3 is 1.85 bits per heavy atom. The standard InChI is InChI=1S/C31H40O9Si/c1-10-26(33)37-25-17-24-29(31(30(25)35-9)39-27(34)11-2)23(32)16-28(38-24)36-21-12-14-22(15-13-21)40-41(18(3)4,19(5)6)20(7)8/h12-20H,10-11H2,1-9H3. The van der Waals surface area contributed by atoms with Gasteiger partial charge in [-0.1, -0.05) is 55.4 Å². The molecule has 0 saturated carbocycles. The van der Waals surface area contributed by atoms with Gasteiger partial charge in [-0.3, -0.25) is 14.4 Å². The lowest BCUT2D eigenvalue weighted by Crippen LogP contribution is -2.50. The molecule has 0 aliphatic rings. The van der Waals surface area contributed by atoms with E-state index in [1.807, 2.05) is 12.1 Å². The van der Waals surface area contributed by atoms with Gasteiger partial charge >= 0.3 is 11.9 Å². The summed E-state index contributed by atoms with van der Waals surface area (Å²) in [6, 6.07) is 9.68. The van der Waals surface area contributed by atoms with E-state index in [-0.39, 0.29) is 47.0 Å². The van der Waals surface area contributed by atoms with Gasteiger partial charge in [0.25, 0.3) is 14.3 Å². The van der Waals surface area contributed by atoms with Crippen LogP contribution >= 0.6 is 0 Å². The Hall–Kier alpha value is -3.79. The van der Waals surface area contributed by atoms with Crippen LogP contribution in [0.3, 0.4) is 0 Å². The van der Waals surface area contributed by atoms with Gasteiger partial charge in [0.15, 0.2) is 11.5 Å². The van der Waals surface area contributed by atoms with Crippen LogP contribution in [0, 0.1) is 0 Å². The predicted molar refractivity (Wildman–Crippen MR) is 159 cm³/mol. The molecule has 0 aliphatic carbocycles. The summed E-state index contributed by atoms with van der Waals surface area (Å²) in [7, 11) is -0.813. The molecule has 0 radical (unpaired) electrons. The number of hydrogen-bond donors (Lipinski definition) is 0. The van der Waals surface area contributed by atoms with Crippen LogP contribution in [0.5, 0.6) is 34.7 Å². The van der Waals surface area contributed by atoms with Crippen LogP contribution in [0.15, 0.2) is 45.6 Å². The molecule has 0 atom stereocenters. The lowest BCUT2D eigenvalue weighted by atomic mass is 10.1. The Balaban J connectivity index is 2.02. The lowest BCUT2D eigenvalue weighted by Gasteiger charge is -2.42. The maximum atomic E-state index is 13.2. The van der Waals surface area contributed by atoms with Crippen LogP contribution in [0.25, 0.3) is 11.0 Å². The van der Waals surface area contributed by atoms with Gasteiger partial charge in [0.2, 0.25) is 11.2 Å². The Labute approximate surface area is 241 Å². The molecule has 10 heteroatoms. The Bertz CT molecular complexity index is 1420. The molecule has 1 heterocycles. The Morgan fingerprint density at radius 1 is 0.805 bits per heavy atom. The first kappa shape index (κ1) is 31.7. The van der Waals surface area contributed by atoms with E-state index in [2.05, 4.69) is 41.5 Å². The van der Waals surface area contributed by atoms with Gasteiger partial charge in [-0.15, -0.1) is 0 Å². The molecule has 0 bridgehead atoms. The van der Waals surface area contributed by atoms with Gasteiger partial charge < -0.3 is 27.8 Å². The second-order valence-corrected chi connectivity index (χ2v) is 16.1. The van der Waals surface area contributed by atoms with Crippen molar-refractivity contribution in [1.29, 1.82) is 0 Å². The molecule has 9 nitrogen and oxygen atoms in total. The third kappa shape index (κ3) is 6.75. The molecule has 41 heavy (non-hydrogen) atoms. The SMILES string of the molecule is CCC(=O)Oc1cc2oc(Oc3ccc(O[Si](C(C)C)(C(C)C)C(C)C)cc3)cc(=O)c2c(OC(=O)CC)c1OC. The van der Waals surface area contributed by atoms with Gasteiger partial charge in [0, 0.05) is 18.9 Å². The molecule has 3 rings (SSSR count). The van der Waals surface area contributed by atoms with Crippen molar-refractivity contribution in [3.8, 4) is 34.7 Å². The zero-order chi connectivity index (χ0) is 30.5. The molecule has 0 spiro atoms. The van der Waals surface area contributed by atoms with Crippen molar-refractivity contribution in [3.63, 3.8) is 0 Å². The first-order valence-electron chi connectivity index (χ1n) is 13.9. The number of carbonyl (C=O) groups excluding carboxylic acids is 2. The first-order valence-corrected chi connectivity index (χ1v) is 16.1. The minimum atomic E-state index is -2.13. The van der Waals surface area contributed by atoms with Crippen molar-refractivity contribution >= 4 is 31.2 Å². The maximum absolute atomic E-state index is 13.2. The summed E-state index contributed by atoms with van der Waals surface area (Å²) in [5.41, 5.74) is 0.728. The van der Waals surface area contributed by atoms with E-state index < -0.39 is 25.7 Å². The van der Waals surface area contributed by atoms with Gasteiger partial charge in [-0.05, 0) is 40.9 Å². The molecule has 0 aliphatic heterocycles. The third-order valence-electron chi connectivity index (χ3n) is 7.14. The maximum Gasteiger partial charge on any atom is 0.311 e. The van der Waals surface area contributed by atoms with Crippen molar-refractivity contribution in [3.05, 3.63) is 46.6 Å². The summed E-state index contributed by atoms with van der Waals surface area (Å²) >= 11 is 0. The van der Waals surface area contributed by atoms with Crippen molar-refractivity contribution in [2.24, 2.45) is 0 Å². The van der Waals surface area contributed by atoms with Crippen LogP contribution in [-0.2, 0) is 9.59 Å². The Kier molecular flexibility index (Phi) is 10.3. The summed E-state index contributed by atoms with van der Waals surface area (Å²) in [4.78, 5) is 37.5. The normalized spacial score (nSPS) is 11.7. The molecule has 0 unspecified atom stereocenters. The summed E-state index contributed by atoms with van der Waals surface area (Å²) < 4.78 is 34.7. The highest BCUT2D eigenvalue weighted by Crippen LogP contribution is 2.45. The van der Waals surface area contributed by atoms with Crippen LogP contribution in [0.2, 0.25) is 16.6 Å². The van der Waals surface area contributed by atoms with E-state index >= 15 is 0 Å². The van der Waals surface area contributed by atoms with E-state index in [1.165, 1.54) is 13.2 Å². The first-order chi connectivity index (χ1) is 19.4. The second kappa shape index (κ2) is 13.2. The van der Waals surface area contributed by atoms with Crippen LogP contribution in [-0.4, -0.2) is 27.4 Å². The van der Waals surface area contributed by atoms with Crippen LogP contribution < -0.4 is 28.8 Å². The average molecular weight is 585 g/mol. The average Bonchev–Trinajstić information content (AvgIpc) is 2.91. The molecule has 0 amide bonds. The van der Waals surface area contributed by atoms with Gasteiger partial charge in [0.1, 0.15) is 22.5 Å². The smallest absolute Gasteiger partial charge is 0.311 e. The molecular weight excluding hydrogens is 544 g/mol. The highest BCUT2D eigenvalue weighted by atomic mass is 28.4. The molecule has 2 aromatic carbocycles. The fraction of sp³-hybridized carbons (Fsp3) is 0.452. The summed E-state index contributed by atoms with van der Waals surface area (Å²) in [6.07, 6.45) is 0.137. The third-order valence-corrected chi connectivity index (χ3v) is 13.1. The quantitative estimate of drug-likeness (QED) is 0.120. The molecule has 0 fully saturated rings. The minimum absolute atomic E-state index is 0.00681. The number of esters is 2. The zero-order valence-corrected chi connectivity index (χ0v) is 26.3. The number of hydrogen-bond acceptors (Lipinski definition) is 9. The van der Waals surface area contributed by atoms with E-state index in [4.69, 9.17) is 27.8 Å². The Morgan fingerprint density at radius 2 is 1.34 bits per heavy atom. The second-order valence-electron chi connectivity index (χ2n) is 10.7. The minimum Gasteiger partial charge on any atom is -0.543 e. The van der Waals surface area contributed by atoms with Gasteiger partial charge in [-0.25, -0.2) is 0 Å². The van der Waals surface area contributed by atoms with Crippen LogP contribution in [0.1, 0.15) is 68.2 Å². The van der Waals surface area contributed by atoms with Crippen LogP contribution in [0.4, 0.5) is 0 Å². The number of benzene rings is 2. The van der Waals surface area contributed by atoms with E-state index in [1.54, 1.807) is 26.0 Å². The predicted octanol–water partition coefficient (Wildman–Crippen LogP) is 7.78. The highest BCUT2D eigenvalue weighted by molar-refractivity contribution is 6.78. The fourth-order valence-corrected chi connectivity index (χ4v) is 10.5. The van der Waals surface area contributed by atoms with Crippen molar-refractivity contribution in [2.45, 2.75) is 84.9 Å². The molecule has 222 valence electrons. The van der Waals surface area contributed by atoms with Gasteiger partial charge in [0.05, 0.1) is 13.2 Å². The molecular formula is C31H40O9Si. The number of rotatable bonds is 12. The molecule has 0 N–H and O–H groups in total. The summed E-state index contributed by atoms with van der Waals surface area (Å²) in [5, 5.41) is -0.0478. The molecule has 0 saturated heterocycles. The van der Waals surface area contributed by atoms with Crippen molar-refractivity contribution < 1.29 is 37.4 Å². The molecule has 1 aromatic heterocycles. The van der Waals surface area contributed by atoms with Crippen molar-refractivity contribution in [1.82, 2.24) is 0 Å². The van der Waals surface area contributed by atoms with E-state index in [9.17, 15) is 14.4 Å². The number of carbonyl (C=O) groups is 2. The number of fused-ring (bicyclic) bond motifs is 1. The van der Waals surface area contributed by atoms with Gasteiger partial charge in [-0.2, -0.15) is 0 Å². The molecule has 3 aromatic rings. The largest absolute Gasteiger partial charge is 0.543 e. The fourth-order valence-electron chi connectivity index (χ4n) is 5.27. The lowest BCUT2D eigenvalue weighted by molar-refractivity contribution is -0.134. The number of methoxy groups -OCH3 is 1. The van der Waals surface area contributed by atoms with E-state index in [0.29, 0.717) is 22.4 Å².